The molecule has 1 N–H and O–H groups in total. The third-order valence-corrected chi connectivity index (χ3v) is 4.30. The Hall–Kier alpha value is -2.21. The Morgan fingerprint density at radius 2 is 2.32 bits per heavy atom. The van der Waals surface area contributed by atoms with Crippen LogP contribution >= 0.6 is 0 Å². The molecule has 114 valence electrons. The summed E-state index contributed by atoms with van der Waals surface area (Å²) in [7, 11) is 0. The summed E-state index contributed by atoms with van der Waals surface area (Å²) in [5.41, 5.74) is 1.93. The molecule has 0 aromatic carbocycles. The summed E-state index contributed by atoms with van der Waals surface area (Å²) in [5.74, 6) is 0.791. The van der Waals surface area contributed by atoms with Crippen LogP contribution in [0.2, 0.25) is 0 Å². The van der Waals surface area contributed by atoms with Crippen molar-refractivity contribution in [3.8, 4) is 0 Å². The molecule has 0 spiro atoms. The lowest BCUT2D eigenvalue weighted by molar-refractivity contribution is 0.0669. The molecule has 1 aliphatic carbocycles. The number of aromatic nitrogens is 2. The maximum Gasteiger partial charge on any atom is 0.291 e. The molecule has 1 unspecified atom stereocenters. The second kappa shape index (κ2) is 5.53. The first-order valence-corrected chi connectivity index (χ1v) is 7.69. The van der Waals surface area contributed by atoms with Crippen molar-refractivity contribution >= 4 is 5.91 Å². The highest BCUT2D eigenvalue weighted by molar-refractivity contribution is 5.92. The van der Waals surface area contributed by atoms with Crippen LogP contribution in [-0.4, -0.2) is 40.4 Å². The largest absolute Gasteiger partial charge is 0.438 e. The molecule has 2 fully saturated rings. The molecule has 4 rings (SSSR count). The Bertz CT molecular complexity index is 666. The van der Waals surface area contributed by atoms with Crippen LogP contribution in [0, 0.1) is 0 Å². The monoisotopic (exact) mass is 298 g/mol. The van der Waals surface area contributed by atoms with Crippen LogP contribution in [0.5, 0.6) is 0 Å². The van der Waals surface area contributed by atoms with Crippen molar-refractivity contribution in [2.24, 2.45) is 0 Å². The molecule has 1 amide bonds. The molecule has 1 saturated heterocycles. The van der Waals surface area contributed by atoms with Gasteiger partial charge in [0.15, 0.2) is 6.39 Å². The third-order valence-electron chi connectivity index (χ3n) is 4.30. The smallest absolute Gasteiger partial charge is 0.291 e. The average molecular weight is 298 g/mol. The minimum Gasteiger partial charge on any atom is -0.438 e. The zero-order chi connectivity index (χ0) is 14.9. The van der Waals surface area contributed by atoms with Crippen molar-refractivity contribution < 1.29 is 9.21 Å². The van der Waals surface area contributed by atoms with Crippen LogP contribution in [0.1, 0.15) is 46.6 Å². The summed E-state index contributed by atoms with van der Waals surface area (Å²) in [6.07, 6.45) is 7.20. The minimum atomic E-state index is -0.0465. The summed E-state index contributed by atoms with van der Waals surface area (Å²) in [5, 5.41) is 3.44. The topological polar surface area (TPSA) is 71.3 Å². The number of hydrogen-bond acceptors (Lipinski definition) is 5. The molecule has 3 heterocycles. The number of hydrogen-bond donors (Lipinski definition) is 1. The molecule has 1 aliphatic heterocycles. The molecule has 1 atom stereocenters. The maximum atomic E-state index is 12.7. The molecule has 0 radical (unpaired) electrons. The molecule has 2 aromatic rings. The van der Waals surface area contributed by atoms with Gasteiger partial charge in [-0.15, -0.1) is 0 Å². The van der Waals surface area contributed by atoms with Crippen LogP contribution in [0.3, 0.4) is 0 Å². The van der Waals surface area contributed by atoms with Gasteiger partial charge in [0.1, 0.15) is 0 Å². The molecule has 6 heteroatoms. The van der Waals surface area contributed by atoms with Crippen molar-refractivity contribution in [2.45, 2.75) is 24.8 Å². The SMILES string of the molecule is O=C(c1ocnc1C1CC1)N1CCNC(c2cccnc2)C1. The normalized spacial score (nSPS) is 21.8. The lowest BCUT2D eigenvalue weighted by Gasteiger charge is -2.33. The fourth-order valence-electron chi connectivity index (χ4n) is 2.95. The lowest BCUT2D eigenvalue weighted by atomic mass is 10.1. The number of carbonyl (C=O) groups is 1. The zero-order valence-electron chi connectivity index (χ0n) is 12.2. The lowest BCUT2D eigenvalue weighted by Crippen LogP contribution is -2.48. The van der Waals surface area contributed by atoms with Crippen molar-refractivity contribution in [2.75, 3.05) is 19.6 Å². The number of amides is 1. The first-order valence-electron chi connectivity index (χ1n) is 7.69. The number of rotatable bonds is 3. The van der Waals surface area contributed by atoms with Gasteiger partial charge in [0.25, 0.3) is 5.91 Å². The minimum absolute atomic E-state index is 0.0465. The van der Waals surface area contributed by atoms with E-state index in [9.17, 15) is 4.79 Å². The number of carbonyl (C=O) groups excluding carboxylic acids is 1. The second-order valence-corrected chi connectivity index (χ2v) is 5.89. The van der Waals surface area contributed by atoms with Crippen molar-refractivity contribution in [1.82, 2.24) is 20.2 Å². The number of oxazole rings is 1. The molecule has 6 nitrogen and oxygen atoms in total. The highest BCUT2D eigenvalue weighted by Gasteiger charge is 2.35. The molecule has 2 aliphatic rings. The Balaban J connectivity index is 1.52. The fourth-order valence-corrected chi connectivity index (χ4v) is 2.95. The summed E-state index contributed by atoms with van der Waals surface area (Å²) in [4.78, 5) is 23.0. The Morgan fingerprint density at radius 3 is 3.09 bits per heavy atom. The van der Waals surface area contributed by atoms with E-state index in [2.05, 4.69) is 15.3 Å². The first-order chi connectivity index (χ1) is 10.8. The summed E-state index contributed by atoms with van der Waals surface area (Å²) in [6.45, 7) is 2.06. The van der Waals surface area contributed by atoms with Crippen molar-refractivity contribution in [1.29, 1.82) is 0 Å². The van der Waals surface area contributed by atoms with E-state index in [1.54, 1.807) is 6.20 Å². The highest BCUT2D eigenvalue weighted by atomic mass is 16.3. The van der Waals surface area contributed by atoms with Crippen molar-refractivity contribution in [3.63, 3.8) is 0 Å². The summed E-state index contributed by atoms with van der Waals surface area (Å²) < 4.78 is 5.39. The van der Waals surface area contributed by atoms with Gasteiger partial charge in [-0.2, -0.15) is 0 Å². The van der Waals surface area contributed by atoms with Gasteiger partial charge in [-0.3, -0.25) is 9.78 Å². The van der Waals surface area contributed by atoms with E-state index in [1.807, 2.05) is 23.2 Å². The molecular weight excluding hydrogens is 280 g/mol. The summed E-state index contributed by atoms with van der Waals surface area (Å²) in [6, 6.07) is 4.06. The first kappa shape index (κ1) is 13.5. The quantitative estimate of drug-likeness (QED) is 0.934. The van der Waals surface area contributed by atoms with E-state index in [4.69, 9.17) is 4.42 Å². The maximum absolute atomic E-state index is 12.7. The van der Waals surface area contributed by atoms with Crippen LogP contribution in [0.15, 0.2) is 35.3 Å². The predicted octanol–water partition coefficient (Wildman–Crippen LogP) is 1.73. The molecule has 2 aromatic heterocycles. The van der Waals surface area contributed by atoms with Gasteiger partial charge in [0.05, 0.1) is 11.7 Å². The van der Waals surface area contributed by atoms with Gasteiger partial charge < -0.3 is 14.6 Å². The van der Waals surface area contributed by atoms with Gasteiger partial charge >= 0.3 is 0 Å². The average Bonchev–Trinajstić information content (AvgIpc) is 3.32. The van der Waals surface area contributed by atoms with Crippen LogP contribution < -0.4 is 5.32 Å². The number of nitrogens with one attached hydrogen (secondary N) is 1. The Kier molecular flexibility index (Phi) is 3.38. The molecular formula is C16H18N4O2. The highest BCUT2D eigenvalue weighted by Crippen LogP contribution is 2.41. The Morgan fingerprint density at radius 1 is 1.41 bits per heavy atom. The van der Waals surface area contributed by atoms with E-state index >= 15 is 0 Å². The van der Waals surface area contributed by atoms with Crippen LogP contribution in [0.25, 0.3) is 0 Å². The van der Waals surface area contributed by atoms with E-state index < -0.39 is 0 Å². The van der Waals surface area contributed by atoms with Gasteiger partial charge in [-0.05, 0) is 24.5 Å². The van der Waals surface area contributed by atoms with Crippen LogP contribution in [0.4, 0.5) is 0 Å². The van der Waals surface area contributed by atoms with Gasteiger partial charge in [-0.25, -0.2) is 4.98 Å². The number of piperazine rings is 1. The van der Waals surface area contributed by atoms with Gasteiger partial charge in [-0.1, -0.05) is 6.07 Å². The number of nitrogens with zero attached hydrogens (tertiary/aromatic N) is 3. The fraction of sp³-hybridized carbons (Fsp3) is 0.438. The molecule has 22 heavy (non-hydrogen) atoms. The standard InChI is InChI=1S/C16H18N4O2/c21-16(15-14(11-3-4-11)19-10-22-15)20-7-6-18-13(9-20)12-2-1-5-17-8-12/h1-2,5,8,10-11,13,18H,3-4,6-7,9H2. The van der Waals surface area contributed by atoms with E-state index in [0.717, 1.165) is 30.6 Å². The van der Waals surface area contributed by atoms with E-state index in [1.165, 1.54) is 6.39 Å². The third kappa shape index (κ3) is 2.50. The van der Waals surface area contributed by atoms with Crippen LogP contribution in [-0.2, 0) is 0 Å². The predicted molar refractivity (Wildman–Crippen MR) is 79.4 cm³/mol. The van der Waals surface area contributed by atoms with Crippen molar-refractivity contribution in [3.05, 3.63) is 47.9 Å². The van der Waals surface area contributed by atoms with E-state index in [-0.39, 0.29) is 11.9 Å². The second-order valence-electron chi connectivity index (χ2n) is 5.89. The van der Waals surface area contributed by atoms with Gasteiger partial charge in [0.2, 0.25) is 5.76 Å². The van der Waals surface area contributed by atoms with Gasteiger partial charge in [0, 0.05) is 37.9 Å². The van der Waals surface area contributed by atoms with E-state index in [0.29, 0.717) is 24.8 Å². The Labute approximate surface area is 128 Å². The molecule has 0 bridgehead atoms. The molecule has 1 saturated carbocycles. The zero-order valence-corrected chi connectivity index (χ0v) is 12.2. The number of pyridine rings is 1. The summed E-state index contributed by atoms with van der Waals surface area (Å²) >= 11 is 0.